The highest BCUT2D eigenvalue weighted by Gasteiger charge is 2.32. The summed E-state index contributed by atoms with van der Waals surface area (Å²) in [5.74, 6) is -2.46. The minimum absolute atomic E-state index is 0.0813. The Morgan fingerprint density at radius 2 is 2.19 bits per heavy atom. The van der Waals surface area contributed by atoms with Gasteiger partial charge in [0, 0.05) is 12.6 Å². The van der Waals surface area contributed by atoms with Crippen molar-refractivity contribution in [3.63, 3.8) is 0 Å². The first-order valence-electron chi connectivity index (χ1n) is 7.64. The number of rotatable bonds is 3. The van der Waals surface area contributed by atoms with E-state index in [-0.39, 0.29) is 17.8 Å². The number of aliphatic hydroxyl groups is 1. The van der Waals surface area contributed by atoms with Crippen LogP contribution >= 0.6 is 0 Å². The Kier molecular flexibility index (Phi) is 4.62. The fourth-order valence-corrected chi connectivity index (χ4v) is 2.60. The maximum Gasteiger partial charge on any atom is 0.265 e. The second-order valence-corrected chi connectivity index (χ2v) is 5.57. The molecule has 3 rings (SSSR count). The maximum atomic E-state index is 13.8. The molecule has 2 heterocycles. The fraction of sp³-hybridized carbons (Fsp3) is 0.111. The molecule has 1 unspecified atom stereocenters. The number of amides is 2. The van der Waals surface area contributed by atoms with E-state index >= 15 is 0 Å². The van der Waals surface area contributed by atoms with Crippen LogP contribution < -0.4 is 10.6 Å². The fourth-order valence-electron chi connectivity index (χ4n) is 2.60. The molecule has 26 heavy (non-hydrogen) atoms. The quantitative estimate of drug-likeness (QED) is 0.732. The van der Waals surface area contributed by atoms with Gasteiger partial charge in [0.05, 0.1) is 11.6 Å². The van der Waals surface area contributed by atoms with Gasteiger partial charge in [-0.25, -0.2) is 9.37 Å². The van der Waals surface area contributed by atoms with E-state index < -0.39 is 35.0 Å². The summed E-state index contributed by atoms with van der Waals surface area (Å²) >= 11 is 0. The molecule has 0 radical (unpaired) electrons. The Morgan fingerprint density at radius 3 is 2.81 bits per heavy atom. The van der Waals surface area contributed by atoms with Crippen molar-refractivity contribution in [3.8, 4) is 6.07 Å². The molecule has 1 aromatic heterocycles. The standard InChI is InChI=1S/C18H13FN4O3/c19-12-7-10(4-5-11(12)9-20)13-8-14(24)16(17(25)22-13)18(26)23-15-3-1-2-6-21-15/h1-7,13,24H,8H2,(H,22,25)(H,21,23,26). The largest absolute Gasteiger partial charge is 0.511 e. The molecule has 1 atom stereocenters. The maximum absolute atomic E-state index is 13.8. The van der Waals surface area contributed by atoms with Gasteiger partial charge in [-0.1, -0.05) is 12.1 Å². The summed E-state index contributed by atoms with van der Waals surface area (Å²) in [6, 6.07) is 9.76. The first-order chi connectivity index (χ1) is 12.5. The molecule has 0 saturated carbocycles. The Balaban J connectivity index is 1.82. The van der Waals surface area contributed by atoms with Crippen LogP contribution in [0.1, 0.15) is 23.6 Å². The molecule has 8 heteroatoms. The average Bonchev–Trinajstić information content (AvgIpc) is 2.61. The Hall–Kier alpha value is -3.73. The highest BCUT2D eigenvalue weighted by Crippen LogP contribution is 2.28. The summed E-state index contributed by atoms with van der Waals surface area (Å²) in [5.41, 5.74) is -0.155. The first kappa shape index (κ1) is 17.1. The summed E-state index contributed by atoms with van der Waals surface area (Å²) in [7, 11) is 0. The highest BCUT2D eigenvalue weighted by atomic mass is 19.1. The topological polar surface area (TPSA) is 115 Å². The van der Waals surface area contributed by atoms with Crippen LogP contribution in [-0.2, 0) is 9.59 Å². The third kappa shape index (κ3) is 3.37. The minimum Gasteiger partial charge on any atom is -0.511 e. The minimum atomic E-state index is -0.789. The molecular formula is C18H13FN4O3. The third-order valence-electron chi connectivity index (χ3n) is 3.87. The lowest BCUT2D eigenvalue weighted by molar-refractivity contribution is -0.123. The van der Waals surface area contributed by atoms with Gasteiger partial charge in [-0.05, 0) is 29.8 Å². The normalized spacial score (nSPS) is 16.6. The predicted octanol–water partition coefficient (Wildman–Crippen LogP) is 2.10. The summed E-state index contributed by atoms with van der Waals surface area (Å²) in [5, 5.41) is 23.9. The number of hydrogen-bond acceptors (Lipinski definition) is 5. The van der Waals surface area contributed by atoms with Gasteiger partial charge >= 0.3 is 0 Å². The van der Waals surface area contributed by atoms with E-state index in [4.69, 9.17) is 5.26 Å². The molecule has 0 spiro atoms. The molecule has 2 amide bonds. The number of hydrogen-bond donors (Lipinski definition) is 3. The van der Waals surface area contributed by atoms with Crippen molar-refractivity contribution in [3.05, 3.63) is 70.9 Å². The Labute approximate surface area is 147 Å². The number of aliphatic hydroxyl groups excluding tert-OH is 1. The molecule has 0 bridgehead atoms. The van der Waals surface area contributed by atoms with Gasteiger partial charge in [0.25, 0.3) is 11.8 Å². The monoisotopic (exact) mass is 352 g/mol. The number of pyridine rings is 1. The molecule has 7 nitrogen and oxygen atoms in total. The van der Waals surface area contributed by atoms with Crippen molar-refractivity contribution in [1.29, 1.82) is 5.26 Å². The number of nitrogens with zero attached hydrogens (tertiary/aromatic N) is 2. The van der Waals surface area contributed by atoms with E-state index in [1.807, 2.05) is 0 Å². The van der Waals surface area contributed by atoms with Gasteiger partial charge in [0.15, 0.2) is 0 Å². The van der Waals surface area contributed by atoms with Crippen LogP contribution in [0.25, 0.3) is 0 Å². The van der Waals surface area contributed by atoms with Crippen molar-refractivity contribution < 1.29 is 19.1 Å². The predicted molar refractivity (Wildman–Crippen MR) is 89.1 cm³/mol. The van der Waals surface area contributed by atoms with E-state index in [1.165, 1.54) is 18.3 Å². The second kappa shape index (κ2) is 7.03. The lowest BCUT2D eigenvalue weighted by Gasteiger charge is -2.25. The molecule has 0 saturated heterocycles. The lowest BCUT2D eigenvalue weighted by atomic mass is 9.95. The van der Waals surface area contributed by atoms with Gasteiger partial charge in [-0.3, -0.25) is 9.59 Å². The molecule has 0 aliphatic carbocycles. The van der Waals surface area contributed by atoms with E-state index in [9.17, 15) is 19.1 Å². The van der Waals surface area contributed by atoms with E-state index in [2.05, 4.69) is 15.6 Å². The van der Waals surface area contributed by atoms with Crippen molar-refractivity contribution >= 4 is 17.6 Å². The summed E-state index contributed by atoms with van der Waals surface area (Å²) in [6.07, 6.45) is 1.39. The van der Waals surface area contributed by atoms with Crippen LogP contribution in [0.2, 0.25) is 0 Å². The van der Waals surface area contributed by atoms with Gasteiger partial charge in [0.1, 0.15) is 29.0 Å². The number of nitriles is 1. The number of aromatic nitrogens is 1. The van der Waals surface area contributed by atoms with Crippen LogP contribution in [0, 0.1) is 17.1 Å². The molecule has 1 aliphatic heterocycles. The Bertz CT molecular complexity index is 951. The van der Waals surface area contributed by atoms with E-state index in [0.29, 0.717) is 5.56 Å². The molecule has 130 valence electrons. The summed E-state index contributed by atoms with van der Waals surface area (Å²) < 4.78 is 13.8. The molecule has 2 aromatic rings. The highest BCUT2D eigenvalue weighted by molar-refractivity contribution is 6.23. The summed E-state index contributed by atoms with van der Waals surface area (Å²) in [4.78, 5) is 28.4. The van der Waals surface area contributed by atoms with Crippen LogP contribution in [-0.4, -0.2) is 21.9 Å². The molecule has 1 aromatic carbocycles. The van der Waals surface area contributed by atoms with E-state index in [0.717, 1.165) is 6.07 Å². The van der Waals surface area contributed by atoms with Crippen molar-refractivity contribution in [2.45, 2.75) is 12.5 Å². The van der Waals surface area contributed by atoms with Crippen LogP contribution in [0.5, 0.6) is 0 Å². The number of carbonyl (C=O) groups is 2. The molecular weight excluding hydrogens is 339 g/mol. The lowest BCUT2D eigenvalue weighted by Crippen LogP contribution is -2.39. The van der Waals surface area contributed by atoms with Crippen molar-refractivity contribution in [2.24, 2.45) is 0 Å². The number of anilines is 1. The zero-order valence-corrected chi connectivity index (χ0v) is 13.4. The SMILES string of the molecule is N#Cc1ccc(C2CC(O)=C(C(=O)Nc3ccccn3)C(=O)N2)cc1F. The average molecular weight is 352 g/mol. The molecule has 0 fully saturated rings. The smallest absolute Gasteiger partial charge is 0.265 e. The van der Waals surface area contributed by atoms with Gasteiger partial charge in [-0.2, -0.15) is 5.26 Å². The number of halogens is 1. The second-order valence-electron chi connectivity index (χ2n) is 5.57. The number of benzene rings is 1. The Morgan fingerprint density at radius 1 is 1.38 bits per heavy atom. The first-order valence-corrected chi connectivity index (χ1v) is 7.64. The third-order valence-corrected chi connectivity index (χ3v) is 3.87. The number of nitrogens with one attached hydrogen (secondary N) is 2. The molecule has 3 N–H and O–H groups in total. The van der Waals surface area contributed by atoms with Crippen LogP contribution in [0.3, 0.4) is 0 Å². The van der Waals surface area contributed by atoms with Crippen molar-refractivity contribution in [2.75, 3.05) is 5.32 Å². The number of carbonyl (C=O) groups excluding carboxylic acids is 2. The van der Waals surface area contributed by atoms with Crippen LogP contribution in [0.15, 0.2) is 53.9 Å². The van der Waals surface area contributed by atoms with E-state index in [1.54, 1.807) is 24.3 Å². The van der Waals surface area contributed by atoms with Crippen molar-refractivity contribution in [1.82, 2.24) is 10.3 Å². The van der Waals surface area contributed by atoms with Gasteiger partial charge in [0.2, 0.25) is 0 Å². The zero-order valence-electron chi connectivity index (χ0n) is 13.4. The zero-order chi connectivity index (χ0) is 18.7. The van der Waals surface area contributed by atoms with Gasteiger partial charge in [-0.15, -0.1) is 0 Å². The molecule has 1 aliphatic rings. The summed E-state index contributed by atoms with van der Waals surface area (Å²) in [6.45, 7) is 0. The van der Waals surface area contributed by atoms with Crippen LogP contribution in [0.4, 0.5) is 10.2 Å². The van der Waals surface area contributed by atoms with Gasteiger partial charge < -0.3 is 15.7 Å².